The molecule has 1 aromatic rings. The molecule has 1 aromatic heterocycles. The number of aryl methyl sites for hydroxylation is 1. The average molecular weight is 361 g/mol. The molecule has 1 unspecified atom stereocenters. The van der Waals surface area contributed by atoms with Crippen LogP contribution >= 0.6 is 0 Å². The smallest absolute Gasteiger partial charge is 0.292 e. The number of aliphatic imine (C=N–C) groups is 2. The molecule has 0 N–H and O–H groups in total. The van der Waals surface area contributed by atoms with Crippen LogP contribution in [0, 0.1) is 0 Å². The molecule has 0 aromatic carbocycles. The van der Waals surface area contributed by atoms with E-state index in [2.05, 4.69) is 15.1 Å². The van der Waals surface area contributed by atoms with Crippen LogP contribution in [-0.4, -0.2) is 70.8 Å². The van der Waals surface area contributed by atoms with Gasteiger partial charge in [-0.05, 0) is 32.6 Å². The normalized spacial score (nSPS) is 23.5. The van der Waals surface area contributed by atoms with Crippen LogP contribution in [0.2, 0.25) is 0 Å². The quantitative estimate of drug-likeness (QED) is 0.744. The molecule has 0 saturated carbocycles. The number of carbonyl (C=O) groups excluding carboxylic acids is 2. The largest absolute Gasteiger partial charge is 0.350 e. The molecule has 1 fully saturated rings. The van der Waals surface area contributed by atoms with Gasteiger partial charge in [-0.1, -0.05) is 5.16 Å². The van der Waals surface area contributed by atoms with E-state index in [9.17, 15) is 14.0 Å². The van der Waals surface area contributed by atoms with Crippen molar-refractivity contribution in [1.29, 1.82) is 0 Å². The lowest BCUT2D eigenvalue weighted by Gasteiger charge is -2.35. The van der Waals surface area contributed by atoms with E-state index in [1.165, 1.54) is 6.92 Å². The molecule has 8 nitrogen and oxygen atoms in total. The van der Waals surface area contributed by atoms with Crippen molar-refractivity contribution >= 4 is 23.5 Å². The highest BCUT2D eigenvalue weighted by molar-refractivity contribution is 6.16. The summed E-state index contributed by atoms with van der Waals surface area (Å²) in [6.45, 7) is 3.33. The van der Waals surface area contributed by atoms with E-state index >= 15 is 0 Å². The number of rotatable bonds is 1. The number of hydrogen-bond donors (Lipinski definition) is 0. The van der Waals surface area contributed by atoms with Gasteiger partial charge in [0.15, 0.2) is 0 Å². The van der Waals surface area contributed by atoms with Crippen molar-refractivity contribution in [3.05, 3.63) is 17.0 Å². The van der Waals surface area contributed by atoms with Crippen molar-refractivity contribution in [2.75, 3.05) is 26.2 Å². The molecule has 138 valence electrons. The fourth-order valence-corrected chi connectivity index (χ4v) is 3.53. The fraction of sp³-hybridized carbons (Fsp3) is 0.588. The number of nitrogens with zero attached hydrogens (tertiary/aromatic N) is 5. The highest BCUT2D eigenvalue weighted by atomic mass is 19.1. The van der Waals surface area contributed by atoms with E-state index in [-0.39, 0.29) is 17.6 Å². The summed E-state index contributed by atoms with van der Waals surface area (Å²) in [5.41, 5.74) is 1.96. The van der Waals surface area contributed by atoms with Gasteiger partial charge < -0.3 is 14.3 Å². The predicted octanol–water partition coefficient (Wildman–Crippen LogP) is 1.01. The molecule has 0 bridgehead atoms. The Balaban J connectivity index is 1.43. The average Bonchev–Trinajstić information content (AvgIpc) is 3.09. The number of guanidine groups is 1. The molecule has 0 radical (unpaired) electrons. The minimum absolute atomic E-state index is 0.117. The van der Waals surface area contributed by atoms with Crippen LogP contribution in [0.1, 0.15) is 41.6 Å². The fourth-order valence-electron chi connectivity index (χ4n) is 3.53. The predicted molar refractivity (Wildman–Crippen MR) is 91.1 cm³/mol. The highest BCUT2D eigenvalue weighted by Gasteiger charge is 2.32. The maximum atomic E-state index is 13.5. The Bertz CT molecular complexity index is 807. The Morgan fingerprint density at radius 1 is 1.15 bits per heavy atom. The Labute approximate surface area is 149 Å². The summed E-state index contributed by atoms with van der Waals surface area (Å²) in [5, 5.41) is 4.04. The van der Waals surface area contributed by atoms with Gasteiger partial charge >= 0.3 is 0 Å². The van der Waals surface area contributed by atoms with Gasteiger partial charge in [0, 0.05) is 31.7 Å². The maximum Gasteiger partial charge on any atom is 0.292 e. The Kier molecular flexibility index (Phi) is 4.29. The van der Waals surface area contributed by atoms with Crippen LogP contribution in [-0.2, 0) is 17.6 Å². The molecule has 2 amide bonds. The first-order valence-corrected chi connectivity index (χ1v) is 8.88. The van der Waals surface area contributed by atoms with E-state index in [1.54, 1.807) is 9.80 Å². The SMILES string of the molecule is CC1=NC(N2CCN(C(=O)c3onc4c3CCCC4)CC2)=NC(=O)C1F. The van der Waals surface area contributed by atoms with Crippen molar-refractivity contribution in [2.45, 2.75) is 38.8 Å². The molecule has 4 rings (SSSR count). The van der Waals surface area contributed by atoms with Crippen LogP contribution in [0.15, 0.2) is 14.5 Å². The summed E-state index contributed by atoms with van der Waals surface area (Å²) in [6.07, 6.45) is 2.06. The van der Waals surface area contributed by atoms with Gasteiger partial charge in [0.05, 0.1) is 11.4 Å². The Hall–Kier alpha value is -2.58. The molecule has 3 heterocycles. The van der Waals surface area contributed by atoms with Crippen LogP contribution < -0.4 is 0 Å². The molecule has 2 aliphatic heterocycles. The van der Waals surface area contributed by atoms with E-state index < -0.39 is 12.1 Å². The highest BCUT2D eigenvalue weighted by Crippen LogP contribution is 2.25. The van der Waals surface area contributed by atoms with Crippen molar-refractivity contribution < 1.29 is 18.5 Å². The lowest BCUT2D eigenvalue weighted by molar-refractivity contribution is -0.120. The van der Waals surface area contributed by atoms with E-state index in [1.807, 2.05) is 0 Å². The molecule has 1 saturated heterocycles. The molecule has 3 aliphatic rings. The molecule has 1 aliphatic carbocycles. The lowest BCUT2D eigenvalue weighted by atomic mass is 9.96. The maximum absolute atomic E-state index is 13.5. The van der Waals surface area contributed by atoms with Crippen LogP contribution in [0.25, 0.3) is 0 Å². The van der Waals surface area contributed by atoms with Crippen LogP contribution in [0.4, 0.5) is 4.39 Å². The molecule has 0 spiro atoms. The first-order valence-electron chi connectivity index (χ1n) is 8.88. The third-order valence-corrected chi connectivity index (χ3v) is 5.07. The Morgan fingerprint density at radius 2 is 1.88 bits per heavy atom. The van der Waals surface area contributed by atoms with Crippen molar-refractivity contribution in [3.63, 3.8) is 0 Å². The third-order valence-electron chi connectivity index (χ3n) is 5.07. The van der Waals surface area contributed by atoms with Crippen LogP contribution in [0.3, 0.4) is 0 Å². The van der Waals surface area contributed by atoms with Gasteiger partial charge in [-0.25, -0.2) is 9.38 Å². The topological polar surface area (TPSA) is 91.4 Å². The van der Waals surface area contributed by atoms with Crippen molar-refractivity contribution in [2.24, 2.45) is 9.98 Å². The van der Waals surface area contributed by atoms with E-state index in [4.69, 9.17) is 4.52 Å². The zero-order valence-corrected chi connectivity index (χ0v) is 14.6. The summed E-state index contributed by atoms with van der Waals surface area (Å²) in [6, 6.07) is 0. The summed E-state index contributed by atoms with van der Waals surface area (Å²) in [5.74, 6) is -0.386. The number of halogens is 1. The van der Waals surface area contributed by atoms with Crippen molar-refractivity contribution in [1.82, 2.24) is 15.0 Å². The summed E-state index contributed by atoms with van der Waals surface area (Å²) >= 11 is 0. The first-order chi connectivity index (χ1) is 12.5. The van der Waals surface area contributed by atoms with E-state index in [0.29, 0.717) is 31.9 Å². The van der Waals surface area contributed by atoms with E-state index in [0.717, 1.165) is 36.9 Å². The molecular formula is C17H20FN5O3. The second-order valence-electron chi connectivity index (χ2n) is 6.79. The molecular weight excluding hydrogens is 341 g/mol. The summed E-state index contributed by atoms with van der Waals surface area (Å²) < 4.78 is 18.8. The van der Waals surface area contributed by atoms with Gasteiger partial charge in [-0.2, -0.15) is 4.99 Å². The monoisotopic (exact) mass is 361 g/mol. The standard InChI is InChI=1S/C17H20FN5O3/c1-10-13(18)15(24)20-17(19-10)23-8-6-22(7-9-23)16(25)14-11-4-2-3-5-12(11)21-26-14/h13H,2-9H2,1H3. The van der Waals surface area contributed by atoms with Gasteiger partial charge in [0.1, 0.15) is 0 Å². The van der Waals surface area contributed by atoms with Gasteiger partial charge in [-0.15, -0.1) is 0 Å². The zero-order valence-electron chi connectivity index (χ0n) is 14.6. The number of hydrogen-bond acceptors (Lipinski definition) is 6. The summed E-state index contributed by atoms with van der Waals surface area (Å²) in [4.78, 5) is 35.7. The molecule has 1 atom stereocenters. The summed E-state index contributed by atoms with van der Waals surface area (Å²) in [7, 11) is 0. The minimum Gasteiger partial charge on any atom is -0.350 e. The minimum atomic E-state index is -1.75. The third kappa shape index (κ3) is 2.91. The molecule has 26 heavy (non-hydrogen) atoms. The zero-order chi connectivity index (χ0) is 18.3. The van der Waals surface area contributed by atoms with Gasteiger partial charge in [0.25, 0.3) is 11.8 Å². The lowest BCUT2D eigenvalue weighted by Crippen LogP contribution is -2.51. The number of fused-ring (bicyclic) bond motifs is 1. The van der Waals surface area contributed by atoms with Gasteiger partial charge in [0.2, 0.25) is 17.9 Å². The second-order valence-corrected chi connectivity index (χ2v) is 6.79. The van der Waals surface area contributed by atoms with Crippen molar-refractivity contribution in [3.8, 4) is 0 Å². The number of aromatic nitrogens is 1. The Morgan fingerprint density at radius 3 is 2.62 bits per heavy atom. The van der Waals surface area contributed by atoms with Gasteiger partial charge in [-0.3, -0.25) is 9.59 Å². The van der Waals surface area contributed by atoms with Crippen LogP contribution in [0.5, 0.6) is 0 Å². The number of amides is 2. The number of alkyl halides is 1. The molecule has 9 heteroatoms. The second kappa shape index (κ2) is 6.62. The number of carbonyl (C=O) groups is 2. The number of piperazine rings is 1. The first kappa shape index (κ1) is 16.9.